The van der Waals surface area contributed by atoms with Crippen molar-refractivity contribution in [2.24, 2.45) is 11.5 Å². The Hall–Kier alpha value is -2.07. The van der Waals surface area contributed by atoms with Crippen LogP contribution in [-0.4, -0.2) is 71.4 Å². The molecule has 0 radical (unpaired) electrons. The Kier molecular flexibility index (Phi) is 12.6. The van der Waals surface area contributed by atoms with Crippen molar-refractivity contribution >= 4 is 64.2 Å². The van der Waals surface area contributed by atoms with Crippen LogP contribution in [-0.2, 0) is 32.0 Å². The Morgan fingerprint density at radius 1 is 0.829 bits per heavy atom. The predicted molar refractivity (Wildman–Crippen MR) is 163 cm³/mol. The quantitative estimate of drug-likeness (QED) is 0.265. The van der Waals surface area contributed by atoms with Gasteiger partial charge in [-0.2, -0.15) is 0 Å². The van der Waals surface area contributed by atoms with E-state index >= 15 is 0 Å². The molecule has 0 aliphatic carbocycles. The third-order valence-corrected chi connectivity index (χ3v) is 8.64. The number of nitrogens with two attached hydrogens (primary N) is 2. The van der Waals surface area contributed by atoms with Gasteiger partial charge in [0.2, 0.25) is 11.8 Å². The van der Waals surface area contributed by atoms with E-state index in [1.807, 2.05) is 6.92 Å². The summed E-state index contributed by atoms with van der Waals surface area (Å²) in [6, 6.07) is 8.20. The average molecular weight is 646 g/mol. The van der Waals surface area contributed by atoms with E-state index in [9.17, 15) is 14.4 Å². The fourth-order valence-corrected chi connectivity index (χ4v) is 5.64. The molecule has 8 nitrogen and oxygen atoms in total. The van der Waals surface area contributed by atoms with Crippen molar-refractivity contribution in [3.05, 3.63) is 67.6 Å². The van der Waals surface area contributed by atoms with Crippen molar-refractivity contribution in [1.82, 2.24) is 9.80 Å². The molecule has 3 rings (SSSR count). The third-order valence-electron chi connectivity index (χ3n) is 7.16. The molecule has 41 heavy (non-hydrogen) atoms. The maximum Gasteiger partial charge on any atom is 0.302 e. The number of halogens is 4. The van der Waals surface area contributed by atoms with Crippen LogP contribution in [0, 0.1) is 0 Å². The first-order valence-corrected chi connectivity index (χ1v) is 15.0. The minimum absolute atomic E-state index is 0.208. The summed E-state index contributed by atoms with van der Waals surface area (Å²) in [5, 5.41) is 1.65. The highest BCUT2D eigenvalue weighted by molar-refractivity contribution is 6.42. The molecule has 0 unspecified atom stereocenters. The Morgan fingerprint density at radius 2 is 1.34 bits per heavy atom. The monoisotopic (exact) mass is 644 g/mol. The van der Waals surface area contributed by atoms with E-state index < -0.39 is 12.1 Å². The number of nitrogens with zero attached hydrogens (tertiary/aromatic N) is 2. The maximum absolute atomic E-state index is 13.6. The van der Waals surface area contributed by atoms with E-state index in [2.05, 4.69) is 0 Å². The SMILES string of the molecule is CC(=O)OCCCC[C@H]1CN(C(=O)[C@H](N)Cc2ccc(Cl)c(Cl)c2)[C@H](C)CN1C(=O)[C@H](N)Cc1ccc(Cl)c(Cl)c1. The van der Waals surface area contributed by atoms with E-state index in [0.717, 1.165) is 11.1 Å². The summed E-state index contributed by atoms with van der Waals surface area (Å²) in [5.74, 6) is -0.755. The van der Waals surface area contributed by atoms with Crippen molar-refractivity contribution in [1.29, 1.82) is 0 Å². The van der Waals surface area contributed by atoms with Crippen LogP contribution in [0.5, 0.6) is 0 Å². The molecule has 2 aromatic rings. The van der Waals surface area contributed by atoms with E-state index in [1.165, 1.54) is 6.92 Å². The molecule has 2 amide bonds. The lowest BCUT2D eigenvalue weighted by Crippen LogP contribution is -2.64. The second kappa shape index (κ2) is 15.4. The molecule has 4 N–H and O–H groups in total. The van der Waals surface area contributed by atoms with Crippen LogP contribution in [0.25, 0.3) is 0 Å². The minimum Gasteiger partial charge on any atom is -0.466 e. The molecule has 0 aromatic heterocycles. The van der Waals surface area contributed by atoms with Gasteiger partial charge in [0.1, 0.15) is 0 Å². The number of hydrogen-bond acceptors (Lipinski definition) is 6. The zero-order valence-corrected chi connectivity index (χ0v) is 26.1. The van der Waals surface area contributed by atoms with E-state index in [1.54, 1.807) is 46.2 Å². The highest BCUT2D eigenvalue weighted by Crippen LogP contribution is 2.26. The van der Waals surface area contributed by atoms with Gasteiger partial charge in [0.15, 0.2) is 0 Å². The number of hydrogen-bond donors (Lipinski definition) is 2. The van der Waals surface area contributed by atoms with Gasteiger partial charge in [0.25, 0.3) is 0 Å². The van der Waals surface area contributed by atoms with Gasteiger partial charge in [-0.05, 0) is 74.4 Å². The number of carbonyl (C=O) groups is 3. The molecular formula is C29H36Cl4N4O4. The molecular weight excluding hydrogens is 610 g/mol. The van der Waals surface area contributed by atoms with Crippen molar-refractivity contribution in [3.8, 4) is 0 Å². The Labute approximate surface area is 261 Å². The number of ether oxygens (including phenoxy) is 1. The lowest BCUT2D eigenvalue weighted by Gasteiger charge is -2.47. The lowest BCUT2D eigenvalue weighted by molar-refractivity contribution is -0.148. The molecule has 2 aromatic carbocycles. The minimum atomic E-state index is -0.804. The van der Waals surface area contributed by atoms with Crippen LogP contribution < -0.4 is 11.5 Å². The smallest absolute Gasteiger partial charge is 0.302 e. The molecule has 0 spiro atoms. The number of piperazine rings is 1. The van der Waals surface area contributed by atoms with Crippen LogP contribution >= 0.6 is 46.4 Å². The first kappa shape index (κ1) is 33.4. The summed E-state index contributed by atoms with van der Waals surface area (Å²) >= 11 is 24.3. The van der Waals surface area contributed by atoms with Gasteiger partial charge in [-0.3, -0.25) is 14.4 Å². The first-order chi connectivity index (χ1) is 19.4. The highest BCUT2D eigenvalue weighted by Gasteiger charge is 2.39. The van der Waals surface area contributed by atoms with E-state index in [4.69, 9.17) is 62.6 Å². The predicted octanol–water partition coefficient (Wildman–Crippen LogP) is 4.90. The Morgan fingerprint density at radius 3 is 1.83 bits per heavy atom. The summed E-state index contributed by atoms with van der Waals surface area (Å²) < 4.78 is 5.05. The molecule has 1 heterocycles. The molecule has 1 fully saturated rings. The maximum atomic E-state index is 13.6. The van der Waals surface area contributed by atoms with Gasteiger partial charge in [-0.25, -0.2) is 0 Å². The van der Waals surface area contributed by atoms with Gasteiger partial charge in [0.05, 0.1) is 38.8 Å². The zero-order chi connectivity index (χ0) is 30.3. The largest absolute Gasteiger partial charge is 0.466 e. The fraction of sp³-hybridized carbons (Fsp3) is 0.483. The molecule has 4 atom stereocenters. The van der Waals surface area contributed by atoms with Crippen LogP contribution in [0.1, 0.15) is 44.2 Å². The Bertz CT molecular complexity index is 1250. The summed E-state index contributed by atoms with van der Waals surface area (Å²) in [6.07, 6.45) is 2.51. The molecule has 224 valence electrons. The number of unbranched alkanes of at least 4 members (excludes halogenated alkanes) is 1. The van der Waals surface area contributed by atoms with E-state index in [0.29, 0.717) is 65.5 Å². The number of benzene rings is 2. The normalized spacial score (nSPS) is 18.6. The van der Waals surface area contributed by atoms with Crippen LogP contribution in [0.4, 0.5) is 0 Å². The molecule has 1 saturated heterocycles. The summed E-state index contributed by atoms with van der Waals surface area (Å²) in [4.78, 5) is 41.8. The standard InChI is InChI=1S/C29H36Cl4N4O4/c1-17-15-37(29(40)27(35)14-20-7-9-23(31)25(33)12-20)21(5-3-4-10-41-18(2)38)16-36(17)28(39)26(34)13-19-6-8-22(30)24(32)11-19/h6-9,11-12,17,21,26-27H,3-5,10,13-16,34-35H2,1-2H3/t17-,21+,26-,27-/m1/s1. The molecule has 1 aliphatic rings. The molecule has 0 saturated carbocycles. The first-order valence-electron chi connectivity index (χ1n) is 13.5. The van der Waals surface area contributed by atoms with Crippen molar-refractivity contribution in [3.63, 3.8) is 0 Å². The average Bonchev–Trinajstić information content (AvgIpc) is 2.92. The number of amides is 2. The topological polar surface area (TPSA) is 119 Å². The van der Waals surface area contributed by atoms with Crippen LogP contribution in [0.15, 0.2) is 36.4 Å². The molecule has 1 aliphatic heterocycles. The summed E-state index contributed by atoms with van der Waals surface area (Å²) in [5.41, 5.74) is 14.4. The molecule has 12 heteroatoms. The van der Waals surface area contributed by atoms with E-state index in [-0.39, 0.29) is 36.3 Å². The molecule has 0 bridgehead atoms. The van der Waals surface area contributed by atoms with Crippen LogP contribution in [0.3, 0.4) is 0 Å². The van der Waals surface area contributed by atoms with Gasteiger partial charge in [-0.15, -0.1) is 0 Å². The lowest BCUT2D eigenvalue weighted by atomic mass is 9.97. The Balaban J connectivity index is 1.72. The second-order valence-electron chi connectivity index (χ2n) is 10.4. The highest BCUT2D eigenvalue weighted by atomic mass is 35.5. The van der Waals surface area contributed by atoms with Crippen LogP contribution in [0.2, 0.25) is 20.1 Å². The van der Waals surface area contributed by atoms with Crippen molar-refractivity contribution < 1.29 is 19.1 Å². The summed E-state index contributed by atoms with van der Waals surface area (Å²) in [6.45, 7) is 4.18. The fourth-order valence-electron chi connectivity index (χ4n) is 5.00. The van der Waals surface area contributed by atoms with Gasteiger partial charge in [0, 0.05) is 32.1 Å². The summed E-state index contributed by atoms with van der Waals surface area (Å²) in [7, 11) is 0. The number of esters is 1. The zero-order valence-electron chi connectivity index (χ0n) is 23.1. The van der Waals surface area contributed by atoms with Crippen molar-refractivity contribution in [2.75, 3.05) is 19.7 Å². The van der Waals surface area contributed by atoms with Gasteiger partial charge < -0.3 is 26.0 Å². The third kappa shape index (κ3) is 9.46. The second-order valence-corrected chi connectivity index (χ2v) is 12.1. The van der Waals surface area contributed by atoms with Gasteiger partial charge >= 0.3 is 5.97 Å². The van der Waals surface area contributed by atoms with Crippen molar-refractivity contribution in [2.45, 2.75) is 70.1 Å². The van der Waals surface area contributed by atoms with Gasteiger partial charge in [-0.1, -0.05) is 58.5 Å². The number of carbonyl (C=O) groups excluding carboxylic acids is 3. The number of rotatable bonds is 11.